The standard InChI is InChI=1S/C22H21N5O2/c1-15-6-4-8-17(12-15)20-13-18(10-11-23-20)29-14-19-16(2)7-5-9-21(19)27-22(28)26(3)24-25-27/h4-13H,14H2,1-3H3. The molecule has 0 bridgehead atoms. The molecule has 7 heteroatoms. The minimum absolute atomic E-state index is 0.294. The lowest BCUT2D eigenvalue weighted by atomic mass is 10.1. The third kappa shape index (κ3) is 3.80. The lowest BCUT2D eigenvalue weighted by Gasteiger charge is -2.13. The van der Waals surface area contributed by atoms with Gasteiger partial charge in [-0.1, -0.05) is 35.9 Å². The van der Waals surface area contributed by atoms with Crippen LogP contribution in [0, 0.1) is 13.8 Å². The second kappa shape index (κ2) is 7.71. The quantitative estimate of drug-likeness (QED) is 0.526. The molecule has 0 aliphatic carbocycles. The average Bonchev–Trinajstić information content (AvgIpc) is 3.05. The molecule has 4 rings (SSSR count). The van der Waals surface area contributed by atoms with E-state index in [1.54, 1.807) is 13.2 Å². The third-order valence-corrected chi connectivity index (χ3v) is 4.76. The monoisotopic (exact) mass is 387 g/mol. The summed E-state index contributed by atoms with van der Waals surface area (Å²) in [5.41, 5.74) is 5.31. The van der Waals surface area contributed by atoms with Gasteiger partial charge in [-0.2, -0.15) is 9.36 Å². The van der Waals surface area contributed by atoms with Crippen molar-refractivity contribution >= 4 is 0 Å². The van der Waals surface area contributed by atoms with Crippen LogP contribution in [0.3, 0.4) is 0 Å². The summed E-state index contributed by atoms with van der Waals surface area (Å²) in [6, 6.07) is 17.6. The van der Waals surface area contributed by atoms with Gasteiger partial charge in [0, 0.05) is 30.4 Å². The van der Waals surface area contributed by atoms with Gasteiger partial charge in [0.2, 0.25) is 0 Å². The summed E-state index contributed by atoms with van der Waals surface area (Å²) in [4.78, 5) is 16.7. The number of benzene rings is 2. The molecule has 7 nitrogen and oxygen atoms in total. The summed E-state index contributed by atoms with van der Waals surface area (Å²) in [7, 11) is 1.57. The van der Waals surface area contributed by atoms with Crippen molar-refractivity contribution in [3.8, 4) is 22.7 Å². The number of pyridine rings is 1. The minimum Gasteiger partial charge on any atom is -0.489 e. The van der Waals surface area contributed by atoms with Crippen LogP contribution in [0.15, 0.2) is 65.6 Å². The van der Waals surface area contributed by atoms with Crippen molar-refractivity contribution in [1.82, 2.24) is 24.8 Å². The summed E-state index contributed by atoms with van der Waals surface area (Å²) in [6.45, 7) is 4.33. The zero-order valence-electron chi connectivity index (χ0n) is 16.5. The van der Waals surface area contributed by atoms with Gasteiger partial charge in [-0.05, 0) is 48.0 Å². The molecular formula is C22H21N5O2. The highest BCUT2D eigenvalue weighted by atomic mass is 16.5. The first-order chi connectivity index (χ1) is 14.0. The van der Waals surface area contributed by atoms with Crippen LogP contribution in [0.4, 0.5) is 0 Å². The third-order valence-electron chi connectivity index (χ3n) is 4.76. The number of aromatic nitrogens is 5. The van der Waals surface area contributed by atoms with Crippen molar-refractivity contribution in [1.29, 1.82) is 0 Å². The molecule has 2 heterocycles. The Bertz CT molecular complexity index is 1230. The topological polar surface area (TPSA) is 74.8 Å². The molecule has 0 aliphatic heterocycles. The largest absolute Gasteiger partial charge is 0.489 e. The van der Waals surface area contributed by atoms with Gasteiger partial charge in [0.15, 0.2) is 0 Å². The zero-order valence-corrected chi connectivity index (χ0v) is 16.5. The molecule has 0 fully saturated rings. The van der Waals surface area contributed by atoms with Gasteiger partial charge in [-0.15, -0.1) is 0 Å². The van der Waals surface area contributed by atoms with Crippen LogP contribution in [0.2, 0.25) is 0 Å². The van der Waals surface area contributed by atoms with E-state index in [9.17, 15) is 4.79 Å². The van der Waals surface area contributed by atoms with Crippen LogP contribution in [0.25, 0.3) is 16.9 Å². The maximum absolute atomic E-state index is 12.3. The number of hydrogen-bond acceptors (Lipinski definition) is 5. The maximum atomic E-state index is 12.3. The van der Waals surface area contributed by atoms with Crippen LogP contribution >= 0.6 is 0 Å². The molecule has 2 aromatic heterocycles. The predicted molar refractivity (Wildman–Crippen MR) is 110 cm³/mol. The highest BCUT2D eigenvalue weighted by Crippen LogP contribution is 2.24. The lowest BCUT2D eigenvalue weighted by Crippen LogP contribution is -2.23. The summed E-state index contributed by atoms with van der Waals surface area (Å²) < 4.78 is 8.55. The van der Waals surface area contributed by atoms with Crippen LogP contribution in [0.1, 0.15) is 16.7 Å². The Balaban J connectivity index is 1.63. The maximum Gasteiger partial charge on any atom is 0.368 e. The number of aryl methyl sites for hydroxylation is 3. The molecule has 0 saturated heterocycles. The molecule has 0 radical (unpaired) electrons. The molecule has 0 saturated carbocycles. The smallest absolute Gasteiger partial charge is 0.368 e. The average molecular weight is 387 g/mol. The molecule has 0 atom stereocenters. The van der Waals surface area contributed by atoms with E-state index in [-0.39, 0.29) is 5.69 Å². The lowest BCUT2D eigenvalue weighted by molar-refractivity contribution is 0.304. The molecule has 29 heavy (non-hydrogen) atoms. The Morgan fingerprint density at radius 1 is 1.00 bits per heavy atom. The van der Waals surface area contributed by atoms with Gasteiger partial charge in [0.1, 0.15) is 12.4 Å². The van der Waals surface area contributed by atoms with Crippen molar-refractivity contribution < 1.29 is 4.74 Å². The summed E-state index contributed by atoms with van der Waals surface area (Å²) in [5.74, 6) is 0.706. The highest BCUT2D eigenvalue weighted by Gasteiger charge is 2.13. The van der Waals surface area contributed by atoms with Gasteiger partial charge < -0.3 is 4.74 Å². The number of rotatable bonds is 5. The minimum atomic E-state index is -0.303. The predicted octanol–water partition coefficient (Wildman–Crippen LogP) is 3.22. The normalized spacial score (nSPS) is 10.9. The van der Waals surface area contributed by atoms with Crippen molar-refractivity contribution in [3.05, 3.63) is 88.0 Å². The zero-order chi connectivity index (χ0) is 20.4. The summed E-state index contributed by atoms with van der Waals surface area (Å²) in [5, 5.41) is 7.76. The van der Waals surface area contributed by atoms with Crippen molar-refractivity contribution in [2.75, 3.05) is 0 Å². The van der Waals surface area contributed by atoms with E-state index in [0.29, 0.717) is 18.0 Å². The Morgan fingerprint density at radius 2 is 1.83 bits per heavy atom. The molecule has 2 aromatic carbocycles. The van der Waals surface area contributed by atoms with Crippen molar-refractivity contribution in [2.24, 2.45) is 7.05 Å². The summed E-state index contributed by atoms with van der Waals surface area (Å²) >= 11 is 0. The van der Waals surface area contributed by atoms with Gasteiger partial charge in [0.25, 0.3) is 0 Å². The van der Waals surface area contributed by atoms with E-state index >= 15 is 0 Å². The fourth-order valence-corrected chi connectivity index (χ4v) is 3.16. The number of nitrogens with zero attached hydrogens (tertiary/aromatic N) is 5. The van der Waals surface area contributed by atoms with Gasteiger partial charge >= 0.3 is 5.69 Å². The molecule has 0 unspecified atom stereocenters. The van der Waals surface area contributed by atoms with E-state index in [2.05, 4.69) is 34.5 Å². The van der Waals surface area contributed by atoms with Crippen molar-refractivity contribution in [2.45, 2.75) is 20.5 Å². The van der Waals surface area contributed by atoms with Crippen LogP contribution in [-0.4, -0.2) is 24.8 Å². The Labute approximate surface area is 168 Å². The van der Waals surface area contributed by atoms with E-state index in [1.165, 1.54) is 14.9 Å². The molecule has 4 aromatic rings. The Kier molecular flexibility index (Phi) is 4.95. The Morgan fingerprint density at radius 3 is 2.59 bits per heavy atom. The van der Waals surface area contributed by atoms with Gasteiger partial charge in [-0.3, -0.25) is 4.98 Å². The van der Waals surface area contributed by atoms with Gasteiger partial charge in [0.05, 0.1) is 11.4 Å². The van der Waals surface area contributed by atoms with Gasteiger partial charge in [-0.25, -0.2) is 4.79 Å². The number of tetrazole rings is 1. The van der Waals surface area contributed by atoms with Crippen LogP contribution < -0.4 is 10.4 Å². The molecule has 0 N–H and O–H groups in total. The first-order valence-corrected chi connectivity index (χ1v) is 9.27. The fourth-order valence-electron chi connectivity index (χ4n) is 3.16. The first kappa shape index (κ1) is 18.6. The Hall–Kier alpha value is -3.74. The molecule has 0 amide bonds. The fraction of sp³-hybridized carbons (Fsp3) is 0.182. The molecule has 0 aliphatic rings. The molecule has 0 spiro atoms. The summed E-state index contributed by atoms with van der Waals surface area (Å²) in [6.07, 6.45) is 1.74. The van der Waals surface area contributed by atoms with E-state index in [1.807, 2.05) is 49.4 Å². The van der Waals surface area contributed by atoms with E-state index in [0.717, 1.165) is 22.4 Å². The SMILES string of the molecule is Cc1cccc(-c2cc(OCc3c(C)cccc3-n3nnn(C)c3=O)ccn2)c1. The van der Waals surface area contributed by atoms with E-state index in [4.69, 9.17) is 4.74 Å². The van der Waals surface area contributed by atoms with Crippen LogP contribution in [0.5, 0.6) is 5.75 Å². The van der Waals surface area contributed by atoms with Crippen LogP contribution in [-0.2, 0) is 13.7 Å². The number of ether oxygens (including phenoxy) is 1. The second-order valence-electron chi connectivity index (χ2n) is 6.90. The van der Waals surface area contributed by atoms with E-state index < -0.39 is 0 Å². The number of hydrogen-bond donors (Lipinski definition) is 0. The molecule has 146 valence electrons. The molecular weight excluding hydrogens is 366 g/mol. The second-order valence-corrected chi connectivity index (χ2v) is 6.90. The first-order valence-electron chi connectivity index (χ1n) is 9.27. The van der Waals surface area contributed by atoms with Crippen molar-refractivity contribution in [3.63, 3.8) is 0 Å². The highest BCUT2D eigenvalue weighted by molar-refractivity contribution is 5.61.